The lowest BCUT2D eigenvalue weighted by Crippen LogP contribution is -2.48. The van der Waals surface area contributed by atoms with Gasteiger partial charge < -0.3 is 29.0 Å². The lowest BCUT2D eigenvalue weighted by atomic mass is 9.80. The molecule has 1 fully saturated rings. The number of hydrogen-bond acceptors (Lipinski definition) is 7. The third-order valence-corrected chi connectivity index (χ3v) is 5.29. The number of carbonyl (C=O) groups is 1. The van der Waals surface area contributed by atoms with Crippen LogP contribution in [0.2, 0.25) is 0 Å². The predicted molar refractivity (Wildman–Crippen MR) is 110 cm³/mol. The minimum Gasteiger partial charge on any atom is -0.482 e. The summed E-state index contributed by atoms with van der Waals surface area (Å²) in [5, 5.41) is 19.1. The number of rotatable bonds is 5. The highest BCUT2D eigenvalue weighted by Crippen LogP contribution is 2.29. The van der Waals surface area contributed by atoms with Crippen LogP contribution >= 0.6 is 0 Å². The van der Waals surface area contributed by atoms with Gasteiger partial charge in [-0.25, -0.2) is 0 Å². The van der Waals surface area contributed by atoms with E-state index in [1.165, 1.54) is 0 Å². The maximum absolute atomic E-state index is 12.4. The molecule has 0 atom stereocenters. The minimum absolute atomic E-state index is 0.101. The fraction of sp³-hybridized carbons (Fsp3) is 0.333. The summed E-state index contributed by atoms with van der Waals surface area (Å²) >= 11 is 0. The van der Waals surface area contributed by atoms with Gasteiger partial charge in [0.05, 0.1) is 12.2 Å². The van der Waals surface area contributed by atoms with Crippen LogP contribution in [0.15, 0.2) is 36.4 Å². The van der Waals surface area contributed by atoms with Gasteiger partial charge in [0.1, 0.15) is 23.3 Å². The van der Waals surface area contributed by atoms with Gasteiger partial charge >= 0.3 is 7.12 Å². The molecule has 30 heavy (non-hydrogen) atoms. The second-order valence-electron chi connectivity index (χ2n) is 7.37. The van der Waals surface area contributed by atoms with E-state index in [0.29, 0.717) is 42.5 Å². The molecular weight excluding hydrogens is 385 g/mol. The zero-order chi connectivity index (χ0) is 21.1. The van der Waals surface area contributed by atoms with Crippen molar-refractivity contribution in [2.45, 2.75) is 6.61 Å². The zero-order valence-corrected chi connectivity index (χ0v) is 16.7. The maximum Gasteiger partial charge on any atom is 0.491 e. The molecule has 0 aliphatic carbocycles. The number of hydrogen-bond donors (Lipinski definition) is 1. The Morgan fingerprint density at radius 2 is 1.93 bits per heavy atom. The molecule has 154 valence electrons. The number of piperazine rings is 1. The van der Waals surface area contributed by atoms with Crippen LogP contribution in [0.25, 0.3) is 0 Å². The summed E-state index contributed by atoms with van der Waals surface area (Å²) < 4.78 is 16.8. The second kappa shape index (κ2) is 8.75. The Morgan fingerprint density at radius 3 is 2.70 bits per heavy atom. The maximum atomic E-state index is 12.4. The van der Waals surface area contributed by atoms with Crippen molar-refractivity contribution in [1.82, 2.24) is 9.80 Å². The topological polar surface area (TPSA) is 95.3 Å². The van der Waals surface area contributed by atoms with Crippen molar-refractivity contribution in [2.24, 2.45) is 0 Å². The van der Waals surface area contributed by atoms with E-state index in [-0.39, 0.29) is 12.5 Å². The highest BCUT2D eigenvalue weighted by molar-refractivity contribution is 6.61. The number of carbonyl (C=O) groups excluding carboxylic acids is 1. The number of ether oxygens (including phenoxy) is 2. The Morgan fingerprint density at radius 1 is 1.20 bits per heavy atom. The summed E-state index contributed by atoms with van der Waals surface area (Å²) in [5.41, 5.74) is 1.93. The monoisotopic (exact) mass is 407 g/mol. The highest BCUT2D eigenvalue weighted by atomic mass is 16.5. The van der Waals surface area contributed by atoms with E-state index in [4.69, 9.17) is 14.1 Å². The molecule has 0 radical (unpaired) electrons. The third kappa shape index (κ3) is 4.41. The molecule has 9 heteroatoms. The molecule has 2 aromatic carbocycles. The van der Waals surface area contributed by atoms with Crippen molar-refractivity contribution >= 4 is 18.5 Å². The number of benzene rings is 2. The molecule has 4 rings (SSSR count). The van der Waals surface area contributed by atoms with Gasteiger partial charge in [0, 0.05) is 32.2 Å². The van der Waals surface area contributed by atoms with E-state index in [9.17, 15) is 15.1 Å². The van der Waals surface area contributed by atoms with Gasteiger partial charge in [0.25, 0.3) is 5.91 Å². The van der Waals surface area contributed by atoms with Crippen LogP contribution in [0, 0.1) is 11.3 Å². The second-order valence-corrected chi connectivity index (χ2v) is 7.37. The summed E-state index contributed by atoms with van der Waals surface area (Å²) in [4.78, 5) is 16.4. The molecule has 1 amide bonds. The number of fused-ring (bicyclic) bond motifs is 1. The zero-order valence-electron chi connectivity index (χ0n) is 16.7. The van der Waals surface area contributed by atoms with E-state index in [1.54, 1.807) is 41.3 Å². The van der Waals surface area contributed by atoms with Crippen molar-refractivity contribution in [1.29, 1.82) is 5.26 Å². The molecule has 1 saturated heterocycles. The molecule has 2 aliphatic rings. The Labute approximate surface area is 175 Å². The summed E-state index contributed by atoms with van der Waals surface area (Å²) in [6.45, 7) is 3.20. The van der Waals surface area contributed by atoms with Gasteiger partial charge in [-0.2, -0.15) is 5.26 Å². The molecule has 0 aromatic heterocycles. The lowest BCUT2D eigenvalue weighted by Gasteiger charge is -2.32. The summed E-state index contributed by atoms with van der Waals surface area (Å²) in [7, 11) is 1.13. The Hall–Kier alpha value is -3.06. The first-order valence-corrected chi connectivity index (χ1v) is 9.77. The number of amides is 1. The molecule has 0 spiro atoms. The number of likely N-dealkylation sites (N-methyl/N-ethyl adjacent to an activating group) is 1. The van der Waals surface area contributed by atoms with E-state index < -0.39 is 7.12 Å². The molecule has 2 aromatic rings. The first-order chi connectivity index (χ1) is 14.5. The summed E-state index contributed by atoms with van der Waals surface area (Å²) in [6, 6.07) is 12.3. The van der Waals surface area contributed by atoms with Gasteiger partial charge in [-0.05, 0) is 42.3 Å². The van der Waals surface area contributed by atoms with Crippen LogP contribution < -0.4 is 14.9 Å². The fourth-order valence-corrected chi connectivity index (χ4v) is 3.47. The average Bonchev–Trinajstić information content (AvgIpc) is 3.13. The number of nitriles is 1. The highest BCUT2D eigenvalue weighted by Gasteiger charge is 2.27. The van der Waals surface area contributed by atoms with Crippen molar-refractivity contribution in [2.75, 3.05) is 39.8 Å². The van der Waals surface area contributed by atoms with Crippen LogP contribution in [-0.2, 0) is 16.1 Å². The van der Waals surface area contributed by atoms with Crippen molar-refractivity contribution in [3.8, 4) is 23.3 Å². The summed E-state index contributed by atoms with van der Waals surface area (Å²) in [5.74, 6) is 1.26. The van der Waals surface area contributed by atoms with E-state index in [0.717, 1.165) is 24.1 Å². The van der Waals surface area contributed by atoms with Crippen molar-refractivity contribution < 1.29 is 23.9 Å². The minimum atomic E-state index is -0.901. The molecular formula is C21H22BN3O5. The van der Waals surface area contributed by atoms with Crippen molar-refractivity contribution in [3.63, 3.8) is 0 Å². The van der Waals surface area contributed by atoms with Crippen LogP contribution in [-0.4, -0.2) is 67.7 Å². The molecule has 0 unspecified atom stereocenters. The molecule has 1 N–H and O–H groups in total. The van der Waals surface area contributed by atoms with Crippen molar-refractivity contribution in [3.05, 3.63) is 47.5 Å². The smallest absolute Gasteiger partial charge is 0.482 e. The molecule has 0 bridgehead atoms. The largest absolute Gasteiger partial charge is 0.491 e. The van der Waals surface area contributed by atoms with Crippen LogP contribution in [0.1, 0.15) is 11.1 Å². The molecule has 2 aliphatic heterocycles. The predicted octanol–water partition coefficient (Wildman–Crippen LogP) is 0.721. The van der Waals surface area contributed by atoms with Gasteiger partial charge in [-0.1, -0.05) is 6.07 Å². The Bertz CT molecular complexity index is 985. The summed E-state index contributed by atoms with van der Waals surface area (Å²) in [6.07, 6.45) is 0. The SMILES string of the molecule is CN1CCN(C(=O)COc2cc(Oc3ccc4c(c3)COB4O)ccc2C#N)CC1. The van der Waals surface area contributed by atoms with Crippen LogP contribution in [0.5, 0.6) is 17.2 Å². The van der Waals surface area contributed by atoms with Crippen LogP contribution in [0.3, 0.4) is 0 Å². The normalized spacial score (nSPS) is 16.2. The number of nitrogens with zero attached hydrogens (tertiary/aromatic N) is 3. The molecule has 0 saturated carbocycles. The standard InChI is InChI=1S/C21H22BN3O5/c1-24-6-8-25(9-7-24)21(26)14-28-20-11-18(3-2-15(20)12-23)30-17-4-5-19-16(10-17)13-29-22(19)27/h2-5,10-11,27H,6-9,13-14H2,1H3. The van der Waals surface area contributed by atoms with E-state index in [2.05, 4.69) is 11.0 Å². The van der Waals surface area contributed by atoms with Crippen LogP contribution in [0.4, 0.5) is 0 Å². The van der Waals surface area contributed by atoms with E-state index in [1.807, 2.05) is 7.05 Å². The van der Waals surface area contributed by atoms with Gasteiger partial charge in [0.2, 0.25) is 0 Å². The Balaban J connectivity index is 1.43. The fourth-order valence-electron chi connectivity index (χ4n) is 3.47. The molecule has 8 nitrogen and oxygen atoms in total. The average molecular weight is 407 g/mol. The third-order valence-electron chi connectivity index (χ3n) is 5.29. The van der Waals surface area contributed by atoms with Gasteiger partial charge in [-0.15, -0.1) is 0 Å². The van der Waals surface area contributed by atoms with E-state index >= 15 is 0 Å². The Kier molecular flexibility index (Phi) is 5.90. The first kappa shape index (κ1) is 20.2. The first-order valence-electron chi connectivity index (χ1n) is 9.77. The van der Waals surface area contributed by atoms with Gasteiger partial charge in [-0.3, -0.25) is 4.79 Å². The molecule has 2 heterocycles. The van der Waals surface area contributed by atoms with Gasteiger partial charge in [0.15, 0.2) is 6.61 Å². The lowest BCUT2D eigenvalue weighted by molar-refractivity contribution is -0.134. The quantitative estimate of drug-likeness (QED) is 0.730.